The molecule has 0 aromatic rings. The van der Waals surface area contributed by atoms with E-state index in [0.717, 1.165) is 12.1 Å². The van der Waals surface area contributed by atoms with Crippen molar-refractivity contribution in [2.24, 2.45) is 0 Å². The summed E-state index contributed by atoms with van der Waals surface area (Å²) in [6.45, 7) is 2.60. The summed E-state index contributed by atoms with van der Waals surface area (Å²) < 4.78 is 10.4. The van der Waals surface area contributed by atoms with Gasteiger partial charge in [-0.2, -0.15) is 0 Å². The van der Waals surface area contributed by atoms with Gasteiger partial charge in [0, 0.05) is 6.61 Å². The van der Waals surface area contributed by atoms with Crippen LogP contribution in [0.5, 0.6) is 0 Å². The lowest BCUT2D eigenvalue weighted by Crippen LogP contribution is -2.26. The normalized spacial score (nSPS) is 18.5. The Labute approximate surface area is 81.1 Å². The van der Waals surface area contributed by atoms with Gasteiger partial charge in [-0.1, -0.05) is 19.3 Å². The third-order valence-corrected chi connectivity index (χ3v) is 4.97. The highest BCUT2D eigenvalue weighted by atomic mass is 28.3. The molecule has 1 aliphatic rings. The van der Waals surface area contributed by atoms with E-state index in [2.05, 4.69) is 0 Å². The molecule has 0 radical (unpaired) electrons. The Morgan fingerprint density at radius 3 is 2.62 bits per heavy atom. The predicted molar refractivity (Wildman–Crippen MR) is 53.2 cm³/mol. The van der Waals surface area contributed by atoms with E-state index < -0.39 is 9.04 Å². The quantitative estimate of drug-likeness (QED) is 0.648. The summed E-state index contributed by atoms with van der Waals surface area (Å²) in [6, 6.07) is 2.33. The summed E-state index contributed by atoms with van der Waals surface area (Å²) in [4.78, 5) is 11.2. The molecule has 0 amide bonds. The van der Waals surface area contributed by atoms with Crippen molar-refractivity contribution in [2.45, 2.75) is 38.3 Å². The van der Waals surface area contributed by atoms with Gasteiger partial charge in [0.15, 0.2) is 0 Å². The van der Waals surface area contributed by atoms with Crippen LogP contribution in [0.15, 0.2) is 0 Å². The summed E-state index contributed by atoms with van der Waals surface area (Å²) in [5.41, 5.74) is 0. The standard InChI is InChI=1S/C9H18O3Si/c1-2-11-8-9(10)12-13-6-4-3-5-7-13/h13H,2-8H2,1H3. The zero-order chi connectivity index (χ0) is 9.52. The van der Waals surface area contributed by atoms with Crippen LogP contribution in [0.1, 0.15) is 26.2 Å². The van der Waals surface area contributed by atoms with Crippen LogP contribution in [0.25, 0.3) is 0 Å². The minimum atomic E-state index is -1.16. The van der Waals surface area contributed by atoms with Crippen molar-refractivity contribution in [3.05, 3.63) is 0 Å². The number of rotatable bonds is 4. The van der Waals surface area contributed by atoms with Gasteiger partial charge in [-0.3, -0.25) is 4.79 Å². The monoisotopic (exact) mass is 202 g/mol. The van der Waals surface area contributed by atoms with Crippen molar-refractivity contribution in [1.29, 1.82) is 0 Å². The van der Waals surface area contributed by atoms with Crippen LogP contribution in [-0.2, 0) is 14.0 Å². The maximum Gasteiger partial charge on any atom is 0.318 e. The van der Waals surface area contributed by atoms with E-state index in [4.69, 9.17) is 9.16 Å². The molecule has 1 heterocycles. The van der Waals surface area contributed by atoms with Gasteiger partial charge in [-0.15, -0.1) is 0 Å². The van der Waals surface area contributed by atoms with Crippen LogP contribution < -0.4 is 0 Å². The van der Waals surface area contributed by atoms with E-state index in [1.165, 1.54) is 19.3 Å². The molecule has 0 aromatic carbocycles. The minimum Gasteiger partial charge on any atom is -0.520 e. The van der Waals surface area contributed by atoms with Gasteiger partial charge >= 0.3 is 5.97 Å². The third-order valence-electron chi connectivity index (χ3n) is 2.27. The number of ether oxygens (including phenoxy) is 1. The zero-order valence-electron chi connectivity index (χ0n) is 8.25. The molecule has 0 atom stereocenters. The second-order valence-corrected chi connectivity index (χ2v) is 6.02. The first-order chi connectivity index (χ1) is 6.33. The van der Waals surface area contributed by atoms with Crippen molar-refractivity contribution in [3.8, 4) is 0 Å². The molecule has 0 aromatic heterocycles. The summed E-state index contributed by atoms with van der Waals surface area (Å²) in [7, 11) is -1.16. The van der Waals surface area contributed by atoms with E-state index in [-0.39, 0.29) is 12.6 Å². The molecule has 1 aliphatic heterocycles. The Balaban J connectivity index is 2.11. The average Bonchev–Trinajstić information content (AvgIpc) is 2.16. The number of carbonyl (C=O) groups is 1. The maximum atomic E-state index is 11.2. The molecule has 0 unspecified atom stereocenters. The van der Waals surface area contributed by atoms with Crippen molar-refractivity contribution in [2.75, 3.05) is 13.2 Å². The lowest BCUT2D eigenvalue weighted by molar-refractivity contribution is -0.139. The first-order valence-corrected chi connectivity index (χ1v) is 7.20. The van der Waals surface area contributed by atoms with Gasteiger partial charge in [-0.05, 0) is 19.0 Å². The molecule has 3 nitrogen and oxygen atoms in total. The molecule has 0 bridgehead atoms. The third kappa shape index (κ3) is 4.43. The molecular weight excluding hydrogens is 184 g/mol. The fourth-order valence-electron chi connectivity index (χ4n) is 1.59. The van der Waals surface area contributed by atoms with E-state index >= 15 is 0 Å². The molecule has 1 fully saturated rings. The second-order valence-electron chi connectivity index (χ2n) is 3.39. The van der Waals surface area contributed by atoms with Crippen LogP contribution in [0.4, 0.5) is 0 Å². The number of hydrogen-bond donors (Lipinski definition) is 0. The van der Waals surface area contributed by atoms with Crippen LogP contribution >= 0.6 is 0 Å². The van der Waals surface area contributed by atoms with Gasteiger partial charge in [-0.25, -0.2) is 0 Å². The van der Waals surface area contributed by atoms with E-state index in [0.29, 0.717) is 6.61 Å². The fourth-order valence-corrected chi connectivity index (χ4v) is 4.04. The minimum absolute atomic E-state index is 0.139. The molecule has 0 saturated carbocycles. The van der Waals surface area contributed by atoms with Crippen LogP contribution in [-0.4, -0.2) is 28.2 Å². The zero-order valence-corrected chi connectivity index (χ0v) is 9.41. The lowest BCUT2D eigenvalue weighted by atomic mass is 10.3. The predicted octanol–water partition coefficient (Wildman–Crippen LogP) is 1.47. The van der Waals surface area contributed by atoms with Gasteiger partial charge in [0.05, 0.1) is 0 Å². The SMILES string of the molecule is CCOCC(=O)O[SiH]1CCCCC1. The molecule has 0 N–H and O–H groups in total. The molecule has 0 aliphatic carbocycles. The molecule has 76 valence electrons. The summed E-state index contributed by atoms with van der Waals surface area (Å²) in [5.74, 6) is -0.152. The molecular formula is C9H18O3Si. The molecule has 0 spiro atoms. The first-order valence-electron chi connectivity index (χ1n) is 5.10. The van der Waals surface area contributed by atoms with Crippen molar-refractivity contribution >= 4 is 15.0 Å². The van der Waals surface area contributed by atoms with Crippen LogP contribution in [0, 0.1) is 0 Å². The van der Waals surface area contributed by atoms with Crippen LogP contribution in [0.3, 0.4) is 0 Å². The van der Waals surface area contributed by atoms with E-state index in [1.54, 1.807) is 0 Å². The van der Waals surface area contributed by atoms with Crippen molar-refractivity contribution < 1.29 is 14.0 Å². The average molecular weight is 202 g/mol. The number of carbonyl (C=O) groups excluding carboxylic acids is 1. The van der Waals surface area contributed by atoms with E-state index in [9.17, 15) is 4.79 Å². The Morgan fingerprint density at radius 1 is 1.31 bits per heavy atom. The van der Waals surface area contributed by atoms with Crippen molar-refractivity contribution in [3.63, 3.8) is 0 Å². The lowest BCUT2D eigenvalue weighted by Gasteiger charge is -2.20. The van der Waals surface area contributed by atoms with Gasteiger partial charge in [0.1, 0.15) is 6.61 Å². The molecule has 1 saturated heterocycles. The van der Waals surface area contributed by atoms with Crippen LogP contribution in [0.2, 0.25) is 12.1 Å². The molecule has 13 heavy (non-hydrogen) atoms. The topological polar surface area (TPSA) is 35.5 Å². The van der Waals surface area contributed by atoms with E-state index in [1.807, 2.05) is 6.92 Å². The molecule has 1 rings (SSSR count). The highest BCUT2D eigenvalue weighted by Crippen LogP contribution is 2.19. The Hall–Kier alpha value is -0.353. The Bertz CT molecular complexity index is 155. The smallest absolute Gasteiger partial charge is 0.318 e. The Kier molecular flexibility index (Phi) is 5.08. The summed E-state index contributed by atoms with van der Waals surface area (Å²) in [5, 5.41) is 0. The first kappa shape index (κ1) is 10.7. The van der Waals surface area contributed by atoms with Gasteiger partial charge in [0.2, 0.25) is 9.04 Å². The second kappa shape index (κ2) is 6.15. The number of hydrogen-bond acceptors (Lipinski definition) is 3. The van der Waals surface area contributed by atoms with Gasteiger partial charge in [0.25, 0.3) is 0 Å². The summed E-state index contributed by atoms with van der Waals surface area (Å²) >= 11 is 0. The molecule has 4 heteroatoms. The van der Waals surface area contributed by atoms with Gasteiger partial charge < -0.3 is 9.16 Å². The van der Waals surface area contributed by atoms with Crippen molar-refractivity contribution in [1.82, 2.24) is 0 Å². The largest absolute Gasteiger partial charge is 0.520 e. The maximum absolute atomic E-state index is 11.2. The fraction of sp³-hybridized carbons (Fsp3) is 0.889. The highest BCUT2D eigenvalue weighted by Gasteiger charge is 2.19. The Morgan fingerprint density at radius 2 is 2.00 bits per heavy atom. The highest BCUT2D eigenvalue weighted by molar-refractivity contribution is 6.54. The summed E-state index contributed by atoms with van der Waals surface area (Å²) in [6.07, 6.45) is 3.81.